The zero-order chi connectivity index (χ0) is 11.0. The molecule has 3 rings (SSSR count). The number of nitrogens with one attached hydrogen (secondary N) is 1. The van der Waals surface area contributed by atoms with E-state index < -0.39 is 0 Å². The fourth-order valence-corrected chi connectivity index (χ4v) is 3.46. The van der Waals surface area contributed by atoms with Gasteiger partial charge in [-0.3, -0.25) is 0 Å². The molecule has 1 aromatic heterocycles. The van der Waals surface area contributed by atoms with Gasteiger partial charge in [0.05, 0.1) is 11.0 Å². The van der Waals surface area contributed by atoms with Crippen molar-refractivity contribution in [1.29, 1.82) is 0 Å². The fraction of sp³-hybridized carbons (Fsp3) is 0.417. The van der Waals surface area contributed by atoms with Gasteiger partial charge in [-0.1, -0.05) is 23.9 Å². The SMILES string of the molecule is NC1CCC(Sc2nc3ccccc3[nH]2)C1. The minimum atomic E-state index is 0.391. The van der Waals surface area contributed by atoms with E-state index >= 15 is 0 Å². The number of H-pyrrole nitrogens is 1. The Balaban J connectivity index is 1.79. The summed E-state index contributed by atoms with van der Waals surface area (Å²) in [7, 11) is 0. The highest BCUT2D eigenvalue weighted by atomic mass is 32.2. The van der Waals surface area contributed by atoms with Crippen molar-refractivity contribution in [3.63, 3.8) is 0 Å². The van der Waals surface area contributed by atoms with Crippen LogP contribution in [-0.4, -0.2) is 21.3 Å². The van der Waals surface area contributed by atoms with Gasteiger partial charge in [-0.2, -0.15) is 0 Å². The minimum absolute atomic E-state index is 0.391. The molecule has 0 saturated heterocycles. The molecule has 1 aliphatic carbocycles. The molecule has 2 aromatic rings. The van der Waals surface area contributed by atoms with E-state index in [1.807, 2.05) is 30.0 Å². The van der Waals surface area contributed by atoms with Crippen molar-refractivity contribution in [1.82, 2.24) is 9.97 Å². The Morgan fingerprint density at radius 2 is 2.19 bits per heavy atom. The Bertz CT molecular complexity index is 461. The summed E-state index contributed by atoms with van der Waals surface area (Å²) in [5.74, 6) is 0. The molecular formula is C12H15N3S. The highest BCUT2D eigenvalue weighted by Crippen LogP contribution is 2.33. The summed E-state index contributed by atoms with van der Waals surface area (Å²) in [4.78, 5) is 7.92. The highest BCUT2D eigenvalue weighted by Gasteiger charge is 2.23. The third kappa shape index (κ3) is 1.95. The van der Waals surface area contributed by atoms with Crippen molar-refractivity contribution in [2.45, 2.75) is 35.7 Å². The molecule has 3 nitrogen and oxygen atoms in total. The maximum Gasteiger partial charge on any atom is 0.166 e. The van der Waals surface area contributed by atoms with E-state index in [1.54, 1.807) is 0 Å². The Kier molecular flexibility index (Phi) is 2.61. The second-order valence-corrected chi connectivity index (χ2v) is 5.66. The molecule has 4 heteroatoms. The van der Waals surface area contributed by atoms with Gasteiger partial charge in [-0.25, -0.2) is 4.98 Å². The van der Waals surface area contributed by atoms with Gasteiger partial charge in [-0.15, -0.1) is 0 Å². The maximum atomic E-state index is 5.91. The second kappa shape index (κ2) is 4.11. The normalized spacial score (nSPS) is 25.3. The van der Waals surface area contributed by atoms with Crippen LogP contribution in [0.2, 0.25) is 0 Å². The van der Waals surface area contributed by atoms with Crippen LogP contribution in [0.15, 0.2) is 29.4 Å². The summed E-state index contributed by atoms with van der Waals surface area (Å²) in [6.45, 7) is 0. The van der Waals surface area contributed by atoms with Gasteiger partial charge in [0, 0.05) is 11.3 Å². The first-order valence-electron chi connectivity index (χ1n) is 5.68. The van der Waals surface area contributed by atoms with Crippen LogP contribution in [0.5, 0.6) is 0 Å². The molecule has 1 aliphatic rings. The number of fused-ring (bicyclic) bond motifs is 1. The largest absolute Gasteiger partial charge is 0.333 e. The molecular weight excluding hydrogens is 218 g/mol. The molecule has 2 atom stereocenters. The standard InChI is InChI=1S/C12H15N3S/c13-8-5-6-9(7-8)16-12-14-10-3-1-2-4-11(10)15-12/h1-4,8-9H,5-7,13H2,(H,14,15). The Labute approximate surface area is 98.8 Å². The van der Waals surface area contributed by atoms with Crippen LogP contribution in [0.1, 0.15) is 19.3 Å². The van der Waals surface area contributed by atoms with Gasteiger partial charge in [0.2, 0.25) is 0 Å². The van der Waals surface area contributed by atoms with Gasteiger partial charge in [0.1, 0.15) is 0 Å². The number of aromatic amines is 1. The summed E-state index contributed by atoms with van der Waals surface area (Å²) in [5.41, 5.74) is 8.08. The van der Waals surface area contributed by atoms with Crippen LogP contribution in [0, 0.1) is 0 Å². The highest BCUT2D eigenvalue weighted by molar-refractivity contribution is 7.99. The molecule has 1 aromatic carbocycles. The first-order chi connectivity index (χ1) is 7.81. The number of para-hydroxylation sites is 2. The number of hydrogen-bond acceptors (Lipinski definition) is 3. The monoisotopic (exact) mass is 233 g/mol. The zero-order valence-corrected chi connectivity index (χ0v) is 9.83. The number of rotatable bonds is 2. The summed E-state index contributed by atoms with van der Waals surface area (Å²) >= 11 is 1.83. The summed E-state index contributed by atoms with van der Waals surface area (Å²) in [6, 6.07) is 8.54. The van der Waals surface area contributed by atoms with Crippen LogP contribution < -0.4 is 5.73 Å². The number of nitrogens with two attached hydrogens (primary N) is 1. The molecule has 0 radical (unpaired) electrons. The quantitative estimate of drug-likeness (QED) is 0.838. The smallest absolute Gasteiger partial charge is 0.166 e. The predicted molar refractivity (Wildman–Crippen MR) is 67.6 cm³/mol. The number of nitrogens with zero attached hydrogens (tertiary/aromatic N) is 1. The van der Waals surface area contributed by atoms with E-state index in [-0.39, 0.29) is 0 Å². The van der Waals surface area contributed by atoms with Crippen LogP contribution in [0.25, 0.3) is 11.0 Å². The van der Waals surface area contributed by atoms with E-state index in [1.165, 1.54) is 6.42 Å². The van der Waals surface area contributed by atoms with Crippen molar-refractivity contribution in [2.24, 2.45) is 5.73 Å². The Hall–Kier alpha value is -1.00. The van der Waals surface area contributed by atoms with Crippen molar-refractivity contribution in [2.75, 3.05) is 0 Å². The summed E-state index contributed by atoms with van der Waals surface area (Å²) in [5, 5.41) is 1.66. The van der Waals surface area contributed by atoms with E-state index in [0.29, 0.717) is 11.3 Å². The average Bonchev–Trinajstić information content (AvgIpc) is 2.84. The van der Waals surface area contributed by atoms with Gasteiger partial charge < -0.3 is 10.7 Å². The minimum Gasteiger partial charge on any atom is -0.333 e. The molecule has 1 saturated carbocycles. The van der Waals surface area contributed by atoms with Crippen molar-refractivity contribution in [3.05, 3.63) is 24.3 Å². The third-order valence-corrected chi connectivity index (χ3v) is 4.25. The van der Waals surface area contributed by atoms with Crippen LogP contribution in [-0.2, 0) is 0 Å². The Morgan fingerprint density at radius 3 is 2.94 bits per heavy atom. The second-order valence-electron chi connectivity index (χ2n) is 4.37. The molecule has 0 amide bonds. The van der Waals surface area contributed by atoms with E-state index in [4.69, 9.17) is 5.73 Å². The lowest BCUT2D eigenvalue weighted by Crippen LogP contribution is -2.15. The molecule has 1 heterocycles. The first-order valence-corrected chi connectivity index (χ1v) is 6.56. The van der Waals surface area contributed by atoms with E-state index in [9.17, 15) is 0 Å². The molecule has 84 valence electrons. The van der Waals surface area contributed by atoms with Gasteiger partial charge in [-0.05, 0) is 31.4 Å². The van der Waals surface area contributed by atoms with Crippen LogP contribution in [0.4, 0.5) is 0 Å². The van der Waals surface area contributed by atoms with Crippen LogP contribution >= 0.6 is 11.8 Å². The van der Waals surface area contributed by atoms with E-state index in [0.717, 1.165) is 29.0 Å². The lowest BCUT2D eigenvalue weighted by atomic mass is 10.3. The number of thioether (sulfide) groups is 1. The van der Waals surface area contributed by atoms with Gasteiger partial charge in [0.25, 0.3) is 0 Å². The van der Waals surface area contributed by atoms with Crippen LogP contribution in [0.3, 0.4) is 0 Å². The lowest BCUT2D eigenvalue weighted by molar-refractivity contribution is 0.705. The summed E-state index contributed by atoms with van der Waals surface area (Å²) < 4.78 is 0. The molecule has 0 bridgehead atoms. The fourth-order valence-electron chi connectivity index (χ4n) is 2.22. The summed E-state index contributed by atoms with van der Waals surface area (Å²) in [6.07, 6.45) is 3.47. The topological polar surface area (TPSA) is 54.7 Å². The maximum absolute atomic E-state index is 5.91. The van der Waals surface area contributed by atoms with Gasteiger partial charge >= 0.3 is 0 Å². The Morgan fingerprint density at radius 1 is 1.31 bits per heavy atom. The third-order valence-electron chi connectivity index (χ3n) is 3.07. The van der Waals surface area contributed by atoms with Gasteiger partial charge in [0.15, 0.2) is 5.16 Å². The number of hydrogen-bond donors (Lipinski definition) is 2. The number of benzene rings is 1. The first kappa shape index (κ1) is 10.2. The molecule has 1 fully saturated rings. The molecule has 0 spiro atoms. The molecule has 0 aliphatic heterocycles. The number of imidazole rings is 1. The van der Waals surface area contributed by atoms with E-state index in [2.05, 4.69) is 16.0 Å². The van der Waals surface area contributed by atoms with Crippen molar-refractivity contribution >= 4 is 22.8 Å². The number of aromatic nitrogens is 2. The molecule has 2 unspecified atom stereocenters. The van der Waals surface area contributed by atoms with Crippen molar-refractivity contribution in [3.8, 4) is 0 Å². The molecule has 3 N–H and O–H groups in total. The van der Waals surface area contributed by atoms with Crippen molar-refractivity contribution < 1.29 is 0 Å². The zero-order valence-electron chi connectivity index (χ0n) is 9.02. The average molecular weight is 233 g/mol. The lowest BCUT2D eigenvalue weighted by Gasteiger charge is -2.05. The molecule has 16 heavy (non-hydrogen) atoms. The predicted octanol–water partition coefficient (Wildman–Crippen LogP) is 2.53.